The normalized spacial score (nSPS) is 16.4. The molecule has 1 aliphatic rings. The molecule has 1 saturated heterocycles. The summed E-state index contributed by atoms with van der Waals surface area (Å²) < 4.78 is 13.4. The maximum Gasteiger partial charge on any atom is 0.270 e. The summed E-state index contributed by atoms with van der Waals surface area (Å²) in [6.45, 7) is 2.55. The van der Waals surface area contributed by atoms with Crippen LogP contribution in [0.4, 0.5) is 4.39 Å². The summed E-state index contributed by atoms with van der Waals surface area (Å²) in [6, 6.07) is 12.0. The van der Waals surface area contributed by atoms with E-state index in [2.05, 4.69) is 20.2 Å². The number of benzene rings is 1. The first-order valence-electron chi connectivity index (χ1n) is 9.77. The standard InChI is InChI=1S/C22H23FN4OS/c23-18-5-3-4-16(14-18)15-27-11-7-17(8-12-27)20(22-25-10-13-29-22)26-21(28)19-6-1-2-9-24-19/h1-6,9-10,13-14,17,20H,7-8,11-12,15H2,(H,26,28). The highest BCUT2D eigenvalue weighted by Gasteiger charge is 2.31. The summed E-state index contributed by atoms with van der Waals surface area (Å²) in [5.74, 6) is -0.0657. The van der Waals surface area contributed by atoms with E-state index in [4.69, 9.17) is 0 Å². The number of hydrogen-bond acceptors (Lipinski definition) is 5. The van der Waals surface area contributed by atoms with Gasteiger partial charge in [0.05, 0.1) is 6.04 Å². The first-order chi connectivity index (χ1) is 14.2. The molecule has 4 rings (SSSR count). The van der Waals surface area contributed by atoms with E-state index in [9.17, 15) is 9.18 Å². The van der Waals surface area contributed by atoms with Crippen LogP contribution in [0.3, 0.4) is 0 Å². The average molecular weight is 411 g/mol. The first kappa shape index (κ1) is 19.7. The number of hydrogen-bond donors (Lipinski definition) is 1. The van der Waals surface area contributed by atoms with Gasteiger partial charge in [0.2, 0.25) is 0 Å². The Labute approximate surface area is 173 Å². The second kappa shape index (κ2) is 9.24. The third-order valence-electron chi connectivity index (χ3n) is 5.30. The number of nitrogens with one attached hydrogen (secondary N) is 1. The maximum atomic E-state index is 13.4. The maximum absolute atomic E-state index is 13.4. The Kier molecular flexibility index (Phi) is 6.27. The summed E-state index contributed by atoms with van der Waals surface area (Å²) in [7, 11) is 0. The fourth-order valence-corrected chi connectivity index (χ4v) is 4.60. The SMILES string of the molecule is O=C(NC(c1nccs1)C1CCN(Cc2cccc(F)c2)CC1)c1ccccn1. The predicted octanol–water partition coefficient (Wildman–Crippen LogP) is 4.06. The summed E-state index contributed by atoms with van der Waals surface area (Å²) in [6.07, 6.45) is 5.29. The molecule has 1 aromatic carbocycles. The quantitative estimate of drug-likeness (QED) is 0.666. The van der Waals surface area contributed by atoms with Crippen LogP contribution in [0.1, 0.15) is 39.9 Å². The van der Waals surface area contributed by atoms with E-state index in [1.165, 1.54) is 6.07 Å². The predicted molar refractivity (Wildman–Crippen MR) is 111 cm³/mol. The Morgan fingerprint density at radius 2 is 2.03 bits per heavy atom. The summed E-state index contributed by atoms with van der Waals surface area (Å²) in [5, 5.41) is 6.02. The molecular formula is C22H23FN4OS. The van der Waals surface area contributed by atoms with Crippen LogP contribution in [0.25, 0.3) is 0 Å². The fourth-order valence-electron chi connectivity index (χ4n) is 3.82. The highest BCUT2D eigenvalue weighted by atomic mass is 32.1. The van der Waals surface area contributed by atoms with Crippen molar-refractivity contribution in [3.8, 4) is 0 Å². The monoisotopic (exact) mass is 410 g/mol. The molecule has 0 saturated carbocycles. The number of carbonyl (C=O) groups is 1. The van der Waals surface area contributed by atoms with Crippen LogP contribution < -0.4 is 5.32 Å². The lowest BCUT2D eigenvalue weighted by atomic mass is 9.89. The molecule has 0 radical (unpaired) electrons. The van der Waals surface area contributed by atoms with Crippen LogP contribution in [0.5, 0.6) is 0 Å². The van der Waals surface area contributed by atoms with Crippen molar-refractivity contribution < 1.29 is 9.18 Å². The number of halogens is 1. The average Bonchev–Trinajstić information content (AvgIpc) is 3.28. The van der Waals surface area contributed by atoms with Crippen LogP contribution in [0, 0.1) is 11.7 Å². The van der Waals surface area contributed by atoms with Crippen molar-refractivity contribution in [2.75, 3.05) is 13.1 Å². The third-order valence-corrected chi connectivity index (χ3v) is 6.16. The topological polar surface area (TPSA) is 58.1 Å². The number of thiazole rings is 1. The Hall–Kier alpha value is -2.64. The molecule has 1 atom stereocenters. The molecule has 3 aromatic rings. The minimum Gasteiger partial charge on any atom is -0.341 e. The molecule has 1 N–H and O–H groups in total. The van der Waals surface area contributed by atoms with Gasteiger partial charge in [-0.1, -0.05) is 18.2 Å². The number of likely N-dealkylation sites (tertiary alicyclic amines) is 1. The lowest BCUT2D eigenvalue weighted by Crippen LogP contribution is -2.40. The Morgan fingerprint density at radius 1 is 1.17 bits per heavy atom. The van der Waals surface area contributed by atoms with Crippen molar-refractivity contribution in [1.29, 1.82) is 0 Å². The number of nitrogens with zero attached hydrogens (tertiary/aromatic N) is 3. The molecular weight excluding hydrogens is 387 g/mol. The molecule has 0 spiro atoms. The molecule has 1 aliphatic heterocycles. The summed E-state index contributed by atoms with van der Waals surface area (Å²) in [4.78, 5) is 23.6. The molecule has 5 nitrogen and oxygen atoms in total. The van der Waals surface area contributed by atoms with Crippen LogP contribution in [0.15, 0.2) is 60.2 Å². The zero-order chi connectivity index (χ0) is 20.1. The van der Waals surface area contributed by atoms with Gasteiger partial charge in [0.15, 0.2) is 0 Å². The second-order valence-corrected chi connectivity index (χ2v) is 8.21. The lowest BCUT2D eigenvalue weighted by Gasteiger charge is -2.35. The number of aromatic nitrogens is 2. The van der Waals surface area contributed by atoms with E-state index in [0.717, 1.165) is 43.0 Å². The van der Waals surface area contributed by atoms with Gasteiger partial charge in [-0.3, -0.25) is 14.7 Å². The minimum absolute atomic E-state index is 0.124. The first-order valence-corrected chi connectivity index (χ1v) is 10.6. The van der Waals surface area contributed by atoms with Crippen molar-refractivity contribution in [3.05, 3.63) is 82.3 Å². The Morgan fingerprint density at radius 3 is 2.72 bits per heavy atom. The number of piperidine rings is 1. The number of amides is 1. The van der Waals surface area contributed by atoms with Gasteiger partial charge in [-0.25, -0.2) is 9.37 Å². The van der Waals surface area contributed by atoms with Gasteiger partial charge < -0.3 is 5.32 Å². The third kappa shape index (κ3) is 5.05. The Balaban J connectivity index is 1.41. The van der Waals surface area contributed by atoms with E-state index < -0.39 is 0 Å². The fraction of sp³-hybridized carbons (Fsp3) is 0.318. The molecule has 7 heteroatoms. The molecule has 0 aliphatic carbocycles. The highest BCUT2D eigenvalue weighted by Crippen LogP contribution is 2.32. The molecule has 1 amide bonds. The Bertz CT molecular complexity index is 927. The van der Waals surface area contributed by atoms with Gasteiger partial charge in [0.1, 0.15) is 16.5 Å². The molecule has 0 bridgehead atoms. The van der Waals surface area contributed by atoms with E-state index in [-0.39, 0.29) is 17.8 Å². The van der Waals surface area contributed by atoms with E-state index >= 15 is 0 Å². The molecule has 2 aromatic heterocycles. The van der Waals surface area contributed by atoms with Crippen molar-refractivity contribution in [1.82, 2.24) is 20.2 Å². The lowest BCUT2D eigenvalue weighted by molar-refractivity contribution is 0.0885. The van der Waals surface area contributed by atoms with Gasteiger partial charge in [0.25, 0.3) is 5.91 Å². The summed E-state index contributed by atoms with van der Waals surface area (Å²) in [5.41, 5.74) is 1.40. The van der Waals surface area contributed by atoms with Crippen LogP contribution in [0.2, 0.25) is 0 Å². The van der Waals surface area contributed by atoms with Gasteiger partial charge in [-0.05, 0) is 61.7 Å². The molecule has 1 unspecified atom stereocenters. The summed E-state index contributed by atoms with van der Waals surface area (Å²) >= 11 is 1.57. The number of carbonyl (C=O) groups excluding carboxylic acids is 1. The van der Waals surface area contributed by atoms with Crippen LogP contribution in [-0.2, 0) is 6.54 Å². The van der Waals surface area contributed by atoms with Gasteiger partial charge >= 0.3 is 0 Å². The number of pyridine rings is 1. The van der Waals surface area contributed by atoms with Crippen molar-refractivity contribution in [2.45, 2.75) is 25.4 Å². The minimum atomic E-state index is -0.196. The highest BCUT2D eigenvalue weighted by molar-refractivity contribution is 7.09. The molecule has 3 heterocycles. The number of rotatable bonds is 6. The molecule has 150 valence electrons. The van der Waals surface area contributed by atoms with Crippen molar-refractivity contribution in [2.24, 2.45) is 5.92 Å². The van der Waals surface area contributed by atoms with Crippen LogP contribution in [-0.4, -0.2) is 33.9 Å². The zero-order valence-corrected chi connectivity index (χ0v) is 16.8. The van der Waals surface area contributed by atoms with E-state index in [1.807, 2.05) is 17.5 Å². The van der Waals surface area contributed by atoms with Crippen LogP contribution >= 0.6 is 11.3 Å². The largest absolute Gasteiger partial charge is 0.341 e. The molecule has 1 fully saturated rings. The van der Waals surface area contributed by atoms with E-state index in [1.54, 1.807) is 48.0 Å². The van der Waals surface area contributed by atoms with Gasteiger partial charge in [0, 0.05) is 24.3 Å². The van der Waals surface area contributed by atoms with E-state index in [0.29, 0.717) is 11.6 Å². The van der Waals surface area contributed by atoms with Crippen molar-refractivity contribution in [3.63, 3.8) is 0 Å². The van der Waals surface area contributed by atoms with Crippen molar-refractivity contribution >= 4 is 17.2 Å². The smallest absolute Gasteiger partial charge is 0.270 e. The zero-order valence-electron chi connectivity index (χ0n) is 16.0. The van der Waals surface area contributed by atoms with Gasteiger partial charge in [-0.2, -0.15) is 0 Å². The second-order valence-electron chi connectivity index (χ2n) is 7.28. The molecule has 29 heavy (non-hydrogen) atoms. The van der Waals surface area contributed by atoms with Gasteiger partial charge in [-0.15, -0.1) is 11.3 Å².